The van der Waals surface area contributed by atoms with Gasteiger partial charge in [0.1, 0.15) is 0 Å². The largest absolute Gasteiger partial charge is 0.351 e. The van der Waals surface area contributed by atoms with Crippen LogP contribution in [0.2, 0.25) is 5.02 Å². The van der Waals surface area contributed by atoms with Crippen molar-refractivity contribution in [3.05, 3.63) is 58.4 Å². The quantitative estimate of drug-likeness (QED) is 0.695. The van der Waals surface area contributed by atoms with E-state index in [2.05, 4.69) is 23.1 Å². The van der Waals surface area contributed by atoms with E-state index in [1.807, 2.05) is 35.0 Å². The average Bonchev–Trinajstić information content (AvgIpc) is 3.01. The minimum atomic E-state index is -0.363. The van der Waals surface area contributed by atoms with Crippen molar-refractivity contribution >= 4 is 35.3 Å². The third-order valence-corrected chi connectivity index (χ3v) is 8.62. The Morgan fingerprint density at radius 1 is 1.06 bits per heavy atom. The lowest BCUT2D eigenvalue weighted by atomic mass is 9.93. The van der Waals surface area contributed by atoms with E-state index in [4.69, 9.17) is 22.3 Å². The lowest BCUT2D eigenvalue weighted by Crippen LogP contribution is -2.50. The number of piperazine rings is 1. The van der Waals surface area contributed by atoms with Crippen LogP contribution in [0.5, 0.6) is 0 Å². The minimum Gasteiger partial charge on any atom is -0.351 e. The highest BCUT2D eigenvalue weighted by Gasteiger charge is 2.34. The maximum Gasteiger partial charge on any atom is 0.314 e. The molecule has 0 saturated carbocycles. The van der Waals surface area contributed by atoms with Crippen LogP contribution in [0.1, 0.15) is 42.1 Å². The number of thioether (sulfide) groups is 1. The number of hydrogen-bond donors (Lipinski definition) is 1. The first kappa shape index (κ1) is 23.5. The Hall–Kier alpha value is -2.29. The van der Waals surface area contributed by atoms with Crippen LogP contribution >= 0.6 is 23.4 Å². The number of fused-ring (bicyclic) bond motifs is 2. The van der Waals surface area contributed by atoms with Crippen LogP contribution < -0.4 is 5.73 Å². The molecule has 1 aromatic heterocycles. The summed E-state index contributed by atoms with van der Waals surface area (Å²) in [5.74, 6) is 1.42. The van der Waals surface area contributed by atoms with E-state index in [-0.39, 0.29) is 18.0 Å². The molecule has 2 aromatic rings. The van der Waals surface area contributed by atoms with E-state index in [0.717, 1.165) is 42.4 Å². The second-order valence-corrected chi connectivity index (χ2v) is 10.8. The Morgan fingerprint density at radius 3 is 2.56 bits per heavy atom. The number of benzene rings is 1. The van der Waals surface area contributed by atoms with Gasteiger partial charge in [-0.05, 0) is 48.1 Å². The monoisotopic (exact) mass is 499 g/mol. The van der Waals surface area contributed by atoms with Gasteiger partial charge in [-0.3, -0.25) is 14.7 Å². The highest BCUT2D eigenvalue weighted by atomic mass is 35.5. The van der Waals surface area contributed by atoms with Gasteiger partial charge in [0, 0.05) is 67.6 Å². The second-order valence-electron chi connectivity index (χ2n) is 9.31. The topological polar surface area (TPSA) is 82.8 Å². The Morgan fingerprint density at radius 2 is 1.82 bits per heavy atom. The van der Waals surface area contributed by atoms with Gasteiger partial charge < -0.3 is 15.5 Å². The number of pyridine rings is 1. The molecule has 5 rings (SSSR count). The maximum atomic E-state index is 13.0. The summed E-state index contributed by atoms with van der Waals surface area (Å²) in [5, 5.41) is 0.751. The van der Waals surface area contributed by atoms with Crippen molar-refractivity contribution in [3.8, 4) is 0 Å². The number of amides is 3. The van der Waals surface area contributed by atoms with E-state index in [1.54, 1.807) is 4.90 Å². The van der Waals surface area contributed by atoms with Crippen LogP contribution in [0.25, 0.3) is 0 Å². The zero-order valence-corrected chi connectivity index (χ0v) is 20.7. The van der Waals surface area contributed by atoms with Crippen molar-refractivity contribution in [2.24, 2.45) is 11.7 Å². The molecule has 180 valence electrons. The molecule has 0 spiro atoms. The highest BCUT2D eigenvalue weighted by Crippen LogP contribution is 2.42. The van der Waals surface area contributed by atoms with E-state index in [0.29, 0.717) is 38.5 Å². The summed E-state index contributed by atoms with van der Waals surface area (Å²) in [6.07, 6.45) is 4.12. The Bertz CT molecular complexity index is 1070. The Kier molecular flexibility index (Phi) is 6.99. The summed E-state index contributed by atoms with van der Waals surface area (Å²) < 4.78 is 0. The van der Waals surface area contributed by atoms with Crippen LogP contribution in [0.3, 0.4) is 0 Å². The number of primary amides is 1. The molecule has 1 aromatic carbocycles. The molecule has 1 unspecified atom stereocenters. The molecule has 9 heteroatoms. The SMILES string of the molecule is NC(=O)N1CCC(CC(=O)N2CCN(C3c4ccc(Cl)cc4SCc4cccnc43)CC2)CC1. The number of nitrogens with two attached hydrogens (primary N) is 1. The molecule has 1 atom stereocenters. The first-order chi connectivity index (χ1) is 16.5. The van der Waals surface area contributed by atoms with Gasteiger partial charge in [0.05, 0.1) is 11.7 Å². The lowest BCUT2D eigenvalue weighted by molar-refractivity contribution is -0.134. The van der Waals surface area contributed by atoms with E-state index in [1.165, 1.54) is 16.0 Å². The van der Waals surface area contributed by atoms with E-state index in [9.17, 15) is 9.59 Å². The van der Waals surface area contributed by atoms with Crippen molar-refractivity contribution in [3.63, 3.8) is 0 Å². The smallest absolute Gasteiger partial charge is 0.314 e. The summed E-state index contributed by atoms with van der Waals surface area (Å²) in [6.45, 7) is 4.34. The molecular weight excluding hydrogens is 470 g/mol. The van der Waals surface area contributed by atoms with Crippen LogP contribution in [0.4, 0.5) is 4.79 Å². The normalized spacial score (nSPS) is 21.5. The number of piperidine rings is 1. The number of likely N-dealkylation sites (tertiary alicyclic amines) is 1. The van der Waals surface area contributed by atoms with Gasteiger partial charge in [0.15, 0.2) is 0 Å². The van der Waals surface area contributed by atoms with Crippen molar-refractivity contribution < 1.29 is 9.59 Å². The number of aromatic nitrogens is 1. The molecule has 0 aliphatic carbocycles. The predicted octanol–water partition coefficient (Wildman–Crippen LogP) is 3.76. The molecule has 3 aliphatic rings. The zero-order chi connectivity index (χ0) is 23.7. The molecule has 4 heterocycles. The number of halogens is 1. The van der Waals surface area contributed by atoms with Gasteiger partial charge in [-0.2, -0.15) is 0 Å². The first-order valence-electron chi connectivity index (χ1n) is 11.9. The first-order valence-corrected chi connectivity index (χ1v) is 13.3. The van der Waals surface area contributed by atoms with Crippen molar-refractivity contribution in [1.82, 2.24) is 19.7 Å². The van der Waals surface area contributed by atoms with Crippen LogP contribution in [0, 0.1) is 5.92 Å². The van der Waals surface area contributed by atoms with Crippen LogP contribution in [0.15, 0.2) is 41.4 Å². The molecule has 34 heavy (non-hydrogen) atoms. The maximum absolute atomic E-state index is 13.0. The fourth-order valence-corrected chi connectivity index (χ4v) is 6.66. The summed E-state index contributed by atoms with van der Waals surface area (Å²) in [6, 6.07) is 10.0. The van der Waals surface area contributed by atoms with Gasteiger partial charge in [0.25, 0.3) is 0 Å². The summed E-state index contributed by atoms with van der Waals surface area (Å²) in [7, 11) is 0. The number of carbonyl (C=O) groups is 2. The number of carbonyl (C=O) groups excluding carboxylic acids is 2. The molecule has 3 amide bonds. The van der Waals surface area contributed by atoms with Crippen molar-refractivity contribution in [2.45, 2.75) is 36.0 Å². The Labute approximate surface area is 209 Å². The van der Waals surface area contributed by atoms with Crippen molar-refractivity contribution in [1.29, 1.82) is 0 Å². The molecular formula is C25H30ClN5O2S. The third kappa shape index (κ3) is 4.90. The number of urea groups is 1. The van der Waals surface area contributed by atoms with Gasteiger partial charge >= 0.3 is 6.03 Å². The highest BCUT2D eigenvalue weighted by molar-refractivity contribution is 7.98. The summed E-state index contributed by atoms with van der Waals surface area (Å²) in [4.78, 5) is 36.5. The fourth-order valence-electron chi connectivity index (χ4n) is 5.31. The molecule has 0 bridgehead atoms. The number of rotatable bonds is 3. The van der Waals surface area contributed by atoms with Crippen molar-refractivity contribution in [2.75, 3.05) is 39.3 Å². The minimum absolute atomic E-state index is 0.0637. The van der Waals surface area contributed by atoms with E-state index >= 15 is 0 Å². The van der Waals surface area contributed by atoms with Crippen LogP contribution in [-0.2, 0) is 10.5 Å². The average molecular weight is 500 g/mol. The number of hydrogen-bond acceptors (Lipinski definition) is 5. The van der Waals surface area contributed by atoms with Gasteiger partial charge in [-0.1, -0.05) is 23.7 Å². The molecule has 2 fully saturated rings. The molecule has 3 aliphatic heterocycles. The molecule has 7 nitrogen and oxygen atoms in total. The standard InChI is InChI=1S/C25H30ClN5O2S/c26-19-3-4-20-21(15-19)34-16-18-2-1-7-28-23(18)24(20)30-12-10-29(11-13-30)22(32)14-17-5-8-31(9-6-17)25(27)33/h1-4,7,15,17,24H,5-6,8-14,16H2,(H2,27,33). The van der Waals surface area contributed by atoms with Gasteiger partial charge in [0.2, 0.25) is 5.91 Å². The Balaban J connectivity index is 1.26. The van der Waals surface area contributed by atoms with Gasteiger partial charge in [-0.25, -0.2) is 4.79 Å². The lowest BCUT2D eigenvalue weighted by Gasteiger charge is -2.40. The zero-order valence-electron chi connectivity index (χ0n) is 19.2. The van der Waals surface area contributed by atoms with Crippen LogP contribution in [-0.4, -0.2) is 70.9 Å². The summed E-state index contributed by atoms with van der Waals surface area (Å²) in [5.41, 5.74) is 8.98. The van der Waals surface area contributed by atoms with Gasteiger partial charge in [-0.15, -0.1) is 11.8 Å². The summed E-state index contributed by atoms with van der Waals surface area (Å²) >= 11 is 8.13. The molecule has 2 saturated heterocycles. The second kappa shape index (κ2) is 10.1. The molecule has 0 radical (unpaired) electrons. The number of nitrogens with zero attached hydrogens (tertiary/aromatic N) is 4. The van der Waals surface area contributed by atoms with E-state index < -0.39 is 0 Å². The predicted molar refractivity (Wildman–Crippen MR) is 134 cm³/mol. The third-order valence-electron chi connectivity index (χ3n) is 7.26. The fraction of sp³-hybridized carbons (Fsp3) is 0.480. The molecule has 2 N–H and O–H groups in total.